The fourth-order valence-corrected chi connectivity index (χ4v) is 2.51. The molecule has 1 unspecified atom stereocenters. The Morgan fingerprint density at radius 2 is 2.00 bits per heavy atom. The number of halogens is 4. The van der Waals surface area contributed by atoms with Gasteiger partial charge in [0.1, 0.15) is 10.5 Å². The molecule has 0 radical (unpaired) electrons. The Labute approximate surface area is 117 Å². The summed E-state index contributed by atoms with van der Waals surface area (Å²) in [5, 5.41) is 17.1. The van der Waals surface area contributed by atoms with Crippen LogP contribution in [-0.2, 0) is 0 Å². The van der Waals surface area contributed by atoms with Gasteiger partial charge in [-0.2, -0.15) is 13.2 Å². The van der Waals surface area contributed by atoms with Crippen LogP contribution in [0, 0.1) is 5.82 Å². The second kappa shape index (κ2) is 4.74. The molecule has 2 heterocycles. The first-order chi connectivity index (χ1) is 9.86. The summed E-state index contributed by atoms with van der Waals surface area (Å²) in [6, 6.07) is 2.45. The maximum atomic E-state index is 13.7. The molecule has 10 heteroatoms. The van der Waals surface area contributed by atoms with Crippen molar-refractivity contribution in [1.82, 2.24) is 15.3 Å². The lowest BCUT2D eigenvalue weighted by Gasteiger charge is -2.11. The number of alkyl halides is 3. The zero-order valence-corrected chi connectivity index (χ0v) is 10.7. The second-order valence-electron chi connectivity index (χ2n) is 4.11. The Balaban J connectivity index is 2.02. The van der Waals surface area contributed by atoms with Gasteiger partial charge in [0.15, 0.2) is 17.4 Å². The number of rotatable bonds is 2. The summed E-state index contributed by atoms with van der Waals surface area (Å²) in [5.41, 5.74) is -0.272. The highest BCUT2D eigenvalue weighted by Crippen LogP contribution is 2.35. The van der Waals surface area contributed by atoms with Gasteiger partial charge in [0.2, 0.25) is 0 Å². The lowest BCUT2D eigenvalue weighted by molar-refractivity contribution is -0.207. The molecule has 0 bridgehead atoms. The minimum atomic E-state index is -4.81. The lowest BCUT2D eigenvalue weighted by atomic mass is 10.2. The minimum Gasteiger partial charge on any atom is -0.378 e. The number of hydrogen-bond donors (Lipinski definition) is 1. The molecule has 0 saturated heterocycles. The van der Waals surface area contributed by atoms with Gasteiger partial charge < -0.3 is 5.11 Å². The zero-order valence-electron chi connectivity index (χ0n) is 9.93. The van der Waals surface area contributed by atoms with Crippen molar-refractivity contribution in [2.24, 2.45) is 0 Å². The van der Waals surface area contributed by atoms with E-state index >= 15 is 0 Å². The Bertz CT molecular complexity index is 798. The van der Waals surface area contributed by atoms with Crippen LogP contribution in [0.25, 0.3) is 21.6 Å². The Morgan fingerprint density at radius 3 is 2.71 bits per heavy atom. The van der Waals surface area contributed by atoms with Crippen molar-refractivity contribution in [3.8, 4) is 10.6 Å². The molecule has 0 aliphatic rings. The summed E-state index contributed by atoms with van der Waals surface area (Å²) in [4.78, 5) is 3.68. The molecule has 0 spiro atoms. The first-order valence-corrected chi connectivity index (χ1v) is 6.36. The topological polar surface area (TPSA) is 72.0 Å². The van der Waals surface area contributed by atoms with E-state index in [9.17, 15) is 17.6 Å². The molecule has 1 aromatic carbocycles. The highest BCUT2D eigenvalue weighted by atomic mass is 32.1. The third kappa shape index (κ3) is 2.47. The van der Waals surface area contributed by atoms with Gasteiger partial charge in [0, 0.05) is 10.9 Å². The molecule has 1 atom stereocenters. The van der Waals surface area contributed by atoms with E-state index in [1.54, 1.807) is 0 Å². The maximum absolute atomic E-state index is 13.7. The van der Waals surface area contributed by atoms with Gasteiger partial charge in [0.25, 0.3) is 0 Å². The molecule has 2 aromatic heterocycles. The van der Waals surface area contributed by atoms with Gasteiger partial charge in [-0.25, -0.2) is 14.0 Å². The highest BCUT2D eigenvalue weighted by molar-refractivity contribution is 7.13. The van der Waals surface area contributed by atoms with Crippen molar-refractivity contribution in [3.63, 3.8) is 0 Å². The molecule has 0 aliphatic carbocycles. The minimum absolute atomic E-state index is 0.0779. The van der Waals surface area contributed by atoms with Crippen LogP contribution in [0.15, 0.2) is 22.1 Å². The first kappa shape index (κ1) is 13.9. The van der Waals surface area contributed by atoms with Crippen molar-refractivity contribution in [2.75, 3.05) is 0 Å². The summed E-state index contributed by atoms with van der Waals surface area (Å²) < 4.78 is 55.3. The van der Waals surface area contributed by atoms with Crippen molar-refractivity contribution >= 4 is 22.4 Å². The Hall–Kier alpha value is -2.07. The quantitative estimate of drug-likeness (QED) is 0.735. The van der Waals surface area contributed by atoms with E-state index in [0.29, 0.717) is 0 Å². The van der Waals surface area contributed by atoms with Gasteiger partial charge in [0.05, 0.1) is 5.69 Å². The van der Waals surface area contributed by atoms with Crippen LogP contribution in [-0.4, -0.2) is 26.6 Å². The summed E-state index contributed by atoms with van der Waals surface area (Å²) >= 11 is 0.850. The maximum Gasteiger partial charge on any atom is 0.420 e. The molecule has 0 amide bonds. The predicted octanol–water partition coefficient (Wildman–Crippen LogP) is 3.08. The summed E-state index contributed by atoms with van der Waals surface area (Å²) in [7, 11) is 0. The van der Waals surface area contributed by atoms with E-state index in [4.69, 9.17) is 5.11 Å². The fourth-order valence-electron chi connectivity index (χ4n) is 1.69. The SMILES string of the molecule is OC(c1csc(-c2cc(F)c3nonc3c2)n1)C(F)(F)F. The fraction of sp³-hybridized carbons (Fsp3) is 0.182. The number of benzene rings is 1. The lowest BCUT2D eigenvalue weighted by Crippen LogP contribution is -2.20. The number of hydrogen-bond acceptors (Lipinski definition) is 6. The molecule has 3 rings (SSSR count). The summed E-state index contributed by atoms with van der Waals surface area (Å²) in [6.45, 7) is 0. The summed E-state index contributed by atoms with van der Waals surface area (Å²) in [6.07, 6.45) is -7.49. The number of thiazole rings is 1. The first-order valence-electron chi connectivity index (χ1n) is 5.48. The average Bonchev–Trinajstić information content (AvgIpc) is 3.05. The molecular formula is C11H5F4N3O2S. The number of nitrogens with zero attached hydrogens (tertiary/aromatic N) is 3. The van der Waals surface area contributed by atoms with Crippen LogP contribution in [0.2, 0.25) is 0 Å². The largest absolute Gasteiger partial charge is 0.420 e. The van der Waals surface area contributed by atoms with Crippen LogP contribution >= 0.6 is 11.3 Å². The van der Waals surface area contributed by atoms with Gasteiger partial charge in [-0.05, 0) is 22.4 Å². The summed E-state index contributed by atoms with van der Waals surface area (Å²) in [5.74, 6) is -0.725. The van der Waals surface area contributed by atoms with Crippen molar-refractivity contribution in [1.29, 1.82) is 0 Å². The van der Waals surface area contributed by atoms with Crippen LogP contribution in [0.4, 0.5) is 17.6 Å². The normalized spacial score (nSPS) is 13.8. The molecular weight excluding hydrogens is 314 g/mol. The zero-order chi connectivity index (χ0) is 15.2. The monoisotopic (exact) mass is 319 g/mol. The molecule has 3 aromatic rings. The highest BCUT2D eigenvalue weighted by Gasteiger charge is 2.41. The van der Waals surface area contributed by atoms with E-state index in [1.807, 2.05) is 0 Å². The van der Waals surface area contributed by atoms with Gasteiger partial charge in [-0.1, -0.05) is 0 Å². The van der Waals surface area contributed by atoms with E-state index in [2.05, 4.69) is 19.9 Å². The molecule has 0 saturated carbocycles. The van der Waals surface area contributed by atoms with Crippen molar-refractivity contribution < 1.29 is 27.3 Å². The van der Waals surface area contributed by atoms with Crippen LogP contribution < -0.4 is 0 Å². The average molecular weight is 319 g/mol. The molecule has 0 aliphatic heterocycles. The van der Waals surface area contributed by atoms with Crippen molar-refractivity contribution in [2.45, 2.75) is 12.3 Å². The molecule has 21 heavy (non-hydrogen) atoms. The van der Waals surface area contributed by atoms with Crippen LogP contribution in [0.5, 0.6) is 0 Å². The van der Waals surface area contributed by atoms with E-state index in [1.165, 1.54) is 6.07 Å². The molecule has 1 N–H and O–H groups in total. The third-order valence-electron chi connectivity index (χ3n) is 2.67. The van der Waals surface area contributed by atoms with Gasteiger partial charge in [-0.3, -0.25) is 0 Å². The Morgan fingerprint density at radius 1 is 1.24 bits per heavy atom. The number of aliphatic hydroxyl groups excluding tert-OH is 1. The van der Waals surface area contributed by atoms with Gasteiger partial charge in [-0.15, -0.1) is 11.3 Å². The number of aliphatic hydroxyl groups is 1. The Kier molecular flexibility index (Phi) is 3.14. The number of aromatic nitrogens is 3. The van der Waals surface area contributed by atoms with E-state index < -0.39 is 23.8 Å². The van der Waals surface area contributed by atoms with E-state index in [0.717, 1.165) is 22.8 Å². The van der Waals surface area contributed by atoms with E-state index in [-0.39, 0.29) is 21.6 Å². The van der Waals surface area contributed by atoms with Gasteiger partial charge >= 0.3 is 6.18 Å². The number of fused-ring (bicyclic) bond motifs is 1. The smallest absolute Gasteiger partial charge is 0.378 e. The predicted molar refractivity (Wildman–Crippen MR) is 63.9 cm³/mol. The molecule has 0 fully saturated rings. The second-order valence-corrected chi connectivity index (χ2v) is 4.97. The third-order valence-corrected chi connectivity index (χ3v) is 3.58. The molecule has 5 nitrogen and oxygen atoms in total. The standard InChI is InChI=1S/C11H5F4N3O2S/c12-5-1-4(2-6-8(5)18-20-17-6)10-16-7(3-21-10)9(19)11(13,14)15/h1-3,9,19H. The van der Waals surface area contributed by atoms with Crippen LogP contribution in [0.1, 0.15) is 11.8 Å². The van der Waals surface area contributed by atoms with Crippen molar-refractivity contribution in [3.05, 3.63) is 29.0 Å². The van der Waals surface area contributed by atoms with Crippen LogP contribution in [0.3, 0.4) is 0 Å². The molecule has 110 valence electrons.